The summed E-state index contributed by atoms with van der Waals surface area (Å²) < 4.78 is 13.0. The number of nitrogens with one attached hydrogen (secondary N) is 2. The predicted molar refractivity (Wildman–Crippen MR) is 148 cm³/mol. The van der Waals surface area contributed by atoms with E-state index in [1.807, 2.05) is 72.9 Å². The molecule has 2 N–H and O–H groups in total. The van der Waals surface area contributed by atoms with Crippen LogP contribution in [0.2, 0.25) is 0 Å². The summed E-state index contributed by atoms with van der Waals surface area (Å²) in [6.07, 6.45) is 3.81. The minimum absolute atomic E-state index is 0.186. The summed E-state index contributed by atoms with van der Waals surface area (Å²) >= 11 is 5.88. The fourth-order valence-electron chi connectivity index (χ4n) is 4.68. The number of anilines is 2. The number of rotatable bonds is 7. The molecule has 0 aliphatic carbocycles. The van der Waals surface area contributed by atoms with E-state index < -0.39 is 0 Å². The standard InChI is InChI=1S/C28H27N5O3S/c1-18(34)30-23-17-20(11-14-25(23)36-3)33-27(26(31-28(33)37)22-7-4-5-15-29-22)24-8-6-16-32(24)19-9-12-21(35-2)13-10-19/h4-17,26-27H,1-3H3,(H,30,34)(H,31,37)/t26-,27+/m1/s1. The number of carbonyl (C=O) groups is 1. The van der Waals surface area contributed by atoms with Crippen molar-refractivity contribution in [3.8, 4) is 17.2 Å². The fraction of sp³-hybridized carbons (Fsp3) is 0.179. The van der Waals surface area contributed by atoms with Gasteiger partial charge in [0.15, 0.2) is 5.11 Å². The molecule has 1 amide bonds. The van der Waals surface area contributed by atoms with E-state index in [0.717, 1.165) is 28.5 Å². The SMILES string of the molecule is COc1ccc(-n2cccc2[C@H]2[C@@H](c3ccccn3)NC(=S)N2c2ccc(OC)c(NC(C)=O)c2)cc1. The predicted octanol–water partition coefficient (Wildman–Crippen LogP) is 5.03. The molecule has 9 heteroatoms. The molecule has 8 nitrogen and oxygen atoms in total. The van der Waals surface area contributed by atoms with Crippen LogP contribution in [0.15, 0.2) is 85.2 Å². The number of aromatic nitrogens is 2. The first kappa shape index (κ1) is 24.3. The third-order valence-electron chi connectivity index (χ3n) is 6.30. The van der Waals surface area contributed by atoms with Gasteiger partial charge in [-0.1, -0.05) is 6.07 Å². The number of amides is 1. The molecule has 5 rings (SSSR count). The molecule has 4 aromatic rings. The van der Waals surface area contributed by atoms with Crippen molar-refractivity contribution >= 4 is 34.6 Å². The zero-order valence-electron chi connectivity index (χ0n) is 20.7. The van der Waals surface area contributed by atoms with Crippen molar-refractivity contribution < 1.29 is 14.3 Å². The van der Waals surface area contributed by atoms with Gasteiger partial charge in [0.2, 0.25) is 5.91 Å². The molecule has 2 atom stereocenters. The zero-order chi connectivity index (χ0) is 25.9. The van der Waals surface area contributed by atoms with Crippen molar-refractivity contribution in [2.45, 2.75) is 19.0 Å². The van der Waals surface area contributed by atoms with Crippen LogP contribution in [0.25, 0.3) is 5.69 Å². The fourth-order valence-corrected chi connectivity index (χ4v) is 5.03. The van der Waals surface area contributed by atoms with Gasteiger partial charge in [0.25, 0.3) is 0 Å². The Morgan fingerprint density at radius 1 is 1.00 bits per heavy atom. The first-order chi connectivity index (χ1) is 18.0. The Labute approximate surface area is 220 Å². The van der Waals surface area contributed by atoms with Crippen LogP contribution in [0.5, 0.6) is 11.5 Å². The summed E-state index contributed by atoms with van der Waals surface area (Å²) in [5.74, 6) is 1.17. The summed E-state index contributed by atoms with van der Waals surface area (Å²) in [6, 6.07) is 23.1. The van der Waals surface area contributed by atoms with E-state index in [0.29, 0.717) is 16.5 Å². The molecule has 0 spiro atoms. The van der Waals surface area contributed by atoms with E-state index in [1.165, 1.54) is 6.92 Å². The van der Waals surface area contributed by atoms with Crippen molar-refractivity contribution in [3.05, 3.63) is 96.6 Å². The number of carbonyl (C=O) groups excluding carboxylic acids is 1. The highest BCUT2D eigenvalue weighted by molar-refractivity contribution is 7.80. The van der Waals surface area contributed by atoms with Gasteiger partial charge >= 0.3 is 0 Å². The quantitative estimate of drug-likeness (QED) is 0.336. The normalized spacial score (nSPS) is 16.8. The van der Waals surface area contributed by atoms with Crippen LogP contribution < -0.4 is 25.0 Å². The molecule has 1 aliphatic heterocycles. The second-order valence-corrected chi connectivity index (χ2v) is 8.95. The number of nitrogens with zero attached hydrogens (tertiary/aromatic N) is 3. The van der Waals surface area contributed by atoms with Gasteiger partial charge in [-0.3, -0.25) is 9.78 Å². The number of hydrogen-bond acceptors (Lipinski definition) is 5. The molecule has 0 radical (unpaired) electrons. The Kier molecular flexibility index (Phi) is 6.78. The van der Waals surface area contributed by atoms with Gasteiger partial charge in [0.05, 0.1) is 31.6 Å². The molecule has 37 heavy (non-hydrogen) atoms. The maximum absolute atomic E-state index is 11.9. The molecule has 188 valence electrons. The molecule has 0 saturated carbocycles. The minimum atomic E-state index is -0.238. The lowest BCUT2D eigenvalue weighted by Crippen LogP contribution is -2.30. The third-order valence-corrected chi connectivity index (χ3v) is 6.62. The van der Waals surface area contributed by atoms with Crippen molar-refractivity contribution in [1.82, 2.24) is 14.9 Å². The van der Waals surface area contributed by atoms with Crippen LogP contribution in [-0.2, 0) is 4.79 Å². The maximum Gasteiger partial charge on any atom is 0.221 e. The third kappa shape index (κ3) is 4.73. The molecule has 1 fully saturated rings. The van der Waals surface area contributed by atoms with E-state index >= 15 is 0 Å². The average molecular weight is 514 g/mol. The van der Waals surface area contributed by atoms with Gasteiger partial charge in [0, 0.05) is 36.4 Å². The van der Waals surface area contributed by atoms with Crippen molar-refractivity contribution in [1.29, 1.82) is 0 Å². The highest BCUT2D eigenvalue weighted by Crippen LogP contribution is 2.43. The van der Waals surface area contributed by atoms with Gasteiger partial charge in [-0.05, 0) is 78.9 Å². The van der Waals surface area contributed by atoms with Crippen LogP contribution in [-0.4, -0.2) is 34.8 Å². The second-order valence-electron chi connectivity index (χ2n) is 8.56. The summed E-state index contributed by atoms with van der Waals surface area (Å²) in [4.78, 5) is 18.6. The number of thiocarbonyl (C=S) groups is 1. The van der Waals surface area contributed by atoms with Crippen molar-refractivity contribution in [2.24, 2.45) is 0 Å². The summed E-state index contributed by atoms with van der Waals surface area (Å²) in [7, 11) is 3.23. The number of methoxy groups -OCH3 is 2. The lowest BCUT2D eigenvalue weighted by atomic mass is 10.0. The largest absolute Gasteiger partial charge is 0.497 e. The zero-order valence-corrected chi connectivity index (χ0v) is 21.5. The molecule has 0 unspecified atom stereocenters. The Hall–Kier alpha value is -4.37. The van der Waals surface area contributed by atoms with Gasteiger partial charge < -0.3 is 29.6 Å². The lowest BCUT2D eigenvalue weighted by Gasteiger charge is -2.29. The highest BCUT2D eigenvalue weighted by atomic mass is 32.1. The van der Waals surface area contributed by atoms with E-state index in [4.69, 9.17) is 21.7 Å². The summed E-state index contributed by atoms with van der Waals surface area (Å²) in [5.41, 5.74) is 4.27. The molecule has 2 aromatic carbocycles. The van der Waals surface area contributed by atoms with E-state index in [-0.39, 0.29) is 18.0 Å². The smallest absolute Gasteiger partial charge is 0.221 e. The summed E-state index contributed by atoms with van der Waals surface area (Å²) in [6.45, 7) is 1.47. The van der Waals surface area contributed by atoms with Gasteiger partial charge in [-0.15, -0.1) is 0 Å². The topological polar surface area (TPSA) is 80.7 Å². The first-order valence-electron chi connectivity index (χ1n) is 11.8. The van der Waals surface area contributed by atoms with Crippen molar-refractivity contribution in [3.63, 3.8) is 0 Å². The highest BCUT2D eigenvalue weighted by Gasteiger charge is 2.42. The second kappa shape index (κ2) is 10.3. The van der Waals surface area contributed by atoms with Crippen LogP contribution >= 0.6 is 12.2 Å². The summed E-state index contributed by atoms with van der Waals surface area (Å²) in [5, 5.41) is 6.90. The van der Waals surface area contributed by atoms with E-state index in [9.17, 15) is 4.79 Å². The molecule has 1 aliphatic rings. The number of ether oxygens (including phenoxy) is 2. The molecule has 2 aromatic heterocycles. The molecule has 0 bridgehead atoms. The van der Waals surface area contributed by atoms with E-state index in [2.05, 4.69) is 31.2 Å². The van der Waals surface area contributed by atoms with Crippen molar-refractivity contribution in [2.75, 3.05) is 24.4 Å². The average Bonchev–Trinajstić information content (AvgIpc) is 3.53. The van der Waals surface area contributed by atoms with Gasteiger partial charge in [-0.25, -0.2) is 0 Å². The lowest BCUT2D eigenvalue weighted by molar-refractivity contribution is -0.114. The minimum Gasteiger partial charge on any atom is -0.497 e. The van der Waals surface area contributed by atoms with Crippen LogP contribution in [0.4, 0.5) is 11.4 Å². The number of benzene rings is 2. The Morgan fingerprint density at radius 2 is 1.78 bits per heavy atom. The Morgan fingerprint density at radius 3 is 2.46 bits per heavy atom. The Balaban J connectivity index is 1.64. The van der Waals surface area contributed by atoms with Crippen LogP contribution in [0, 0.1) is 0 Å². The van der Waals surface area contributed by atoms with Gasteiger partial charge in [-0.2, -0.15) is 0 Å². The maximum atomic E-state index is 11.9. The molecular weight excluding hydrogens is 486 g/mol. The molecule has 3 heterocycles. The van der Waals surface area contributed by atoms with Crippen LogP contribution in [0.1, 0.15) is 30.4 Å². The van der Waals surface area contributed by atoms with E-state index in [1.54, 1.807) is 20.4 Å². The Bertz CT molecular complexity index is 1420. The molecular formula is C28H27N5O3S. The first-order valence-corrected chi connectivity index (χ1v) is 12.2. The number of pyridine rings is 1. The van der Waals surface area contributed by atoms with Gasteiger partial charge in [0.1, 0.15) is 17.5 Å². The van der Waals surface area contributed by atoms with Crippen LogP contribution in [0.3, 0.4) is 0 Å². The molecule has 1 saturated heterocycles. The number of hydrogen-bond donors (Lipinski definition) is 2. The monoisotopic (exact) mass is 513 g/mol.